The van der Waals surface area contributed by atoms with Crippen molar-refractivity contribution in [3.8, 4) is 0 Å². The van der Waals surface area contributed by atoms with Gasteiger partial charge >= 0.3 is 0 Å². The van der Waals surface area contributed by atoms with Crippen LogP contribution in [0.4, 0.5) is 13.2 Å². The fraction of sp³-hybridized carbons (Fsp3) is 0.333. The van der Waals surface area contributed by atoms with Crippen molar-refractivity contribution in [1.82, 2.24) is 0 Å². The van der Waals surface area contributed by atoms with Crippen LogP contribution in [0.25, 0.3) is 9.81 Å². The van der Waals surface area contributed by atoms with Crippen molar-refractivity contribution >= 4 is 33.3 Å². The molecule has 4 heterocycles. The highest BCUT2D eigenvalue weighted by Gasteiger charge is 2.63. The first-order valence-electron chi connectivity index (χ1n) is 11.3. The molecule has 34 heavy (non-hydrogen) atoms. The van der Waals surface area contributed by atoms with Crippen molar-refractivity contribution in [3.63, 3.8) is 0 Å². The highest BCUT2D eigenvalue weighted by Crippen LogP contribution is 2.70. The topological polar surface area (TPSA) is 7.76 Å². The molecule has 0 bridgehead atoms. The van der Waals surface area contributed by atoms with Crippen molar-refractivity contribution in [1.29, 1.82) is 0 Å². The summed E-state index contributed by atoms with van der Waals surface area (Å²) < 4.78 is 48.3. The third kappa shape index (κ3) is 2.86. The number of hydrogen-bond donors (Lipinski definition) is 0. The standard InChI is InChI=1S/C27H25F3N2S2/c1-26-17(13-19(33-26)15-5-9-31(3)10-6-15)21-22(24(29)25(30)23(21)28)18-14-20(34-27(18,26)2)16-7-11-32(4)12-8-16/h5-14,23-25H,1-4H3/q+2. The largest absolute Gasteiger partial charge is 0.240 e. The van der Waals surface area contributed by atoms with Gasteiger partial charge in [-0.25, -0.2) is 22.3 Å². The summed E-state index contributed by atoms with van der Waals surface area (Å²) in [5.74, 6) is 0. The predicted octanol–water partition coefficient (Wildman–Crippen LogP) is 5.36. The van der Waals surface area contributed by atoms with E-state index in [1.165, 1.54) is 0 Å². The van der Waals surface area contributed by atoms with Crippen molar-refractivity contribution < 1.29 is 22.3 Å². The van der Waals surface area contributed by atoms with Crippen molar-refractivity contribution in [2.75, 3.05) is 0 Å². The van der Waals surface area contributed by atoms with Gasteiger partial charge in [-0.2, -0.15) is 0 Å². The van der Waals surface area contributed by atoms with Gasteiger partial charge in [0.2, 0.25) is 0 Å². The Morgan fingerprint density at radius 1 is 0.676 bits per heavy atom. The second-order valence-corrected chi connectivity index (χ2v) is 12.6. The molecule has 174 valence electrons. The average molecular weight is 499 g/mol. The lowest BCUT2D eigenvalue weighted by atomic mass is 9.71. The molecule has 0 amide bonds. The molecule has 4 atom stereocenters. The molecule has 6 rings (SSSR count). The first kappa shape index (κ1) is 22.2. The second kappa shape index (κ2) is 7.37. The summed E-state index contributed by atoms with van der Waals surface area (Å²) in [4.78, 5) is 2.00. The number of rotatable bonds is 2. The molecule has 2 aliphatic carbocycles. The summed E-state index contributed by atoms with van der Waals surface area (Å²) in [6.07, 6.45) is 5.73. The lowest BCUT2D eigenvalue weighted by Crippen LogP contribution is -2.48. The normalized spacial score (nSPS) is 34.1. The van der Waals surface area contributed by atoms with E-state index in [2.05, 4.69) is 13.8 Å². The zero-order valence-corrected chi connectivity index (χ0v) is 21.0. The summed E-state index contributed by atoms with van der Waals surface area (Å²) in [5, 5.41) is 0. The predicted molar refractivity (Wildman–Crippen MR) is 132 cm³/mol. The van der Waals surface area contributed by atoms with E-state index < -0.39 is 28.0 Å². The minimum Gasteiger partial charge on any atom is -0.240 e. The van der Waals surface area contributed by atoms with Gasteiger partial charge in [0.1, 0.15) is 14.1 Å². The number of alkyl halides is 3. The Balaban J connectivity index is 1.56. The van der Waals surface area contributed by atoms with Gasteiger partial charge in [-0.05, 0) is 48.3 Å². The Morgan fingerprint density at radius 2 is 1.03 bits per heavy atom. The van der Waals surface area contributed by atoms with Crippen LogP contribution in [0.2, 0.25) is 0 Å². The maximum Gasteiger partial charge on any atom is 0.171 e. The van der Waals surface area contributed by atoms with E-state index in [0.29, 0.717) is 0 Å². The van der Waals surface area contributed by atoms with Crippen LogP contribution in [0.3, 0.4) is 0 Å². The number of fused-ring (bicyclic) bond motifs is 4. The van der Waals surface area contributed by atoms with E-state index in [0.717, 1.165) is 32.1 Å². The molecule has 2 aromatic heterocycles. The highest BCUT2D eigenvalue weighted by molar-refractivity contribution is 8.14. The van der Waals surface area contributed by atoms with E-state index >= 15 is 8.78 Å². The zero-order valence-electron chi connectivity index (χ0n) is 19.4. The minimum atomic E-state index is -2.17. The van der Waals surface area contributed by atoms with E-state index in [1.54, 1.807) is 23.5 Å². The van der Waals surface area contributed by atoms with Crippen LogP contribution in [-0.2, 0) is 14.1 Å². The van der Waals surface area contributed by atoms with Gasteiger partial charge in [0, 0.05) is 45.2 Å². The second-order valence-electron chi connectivity index (χ2n) is 9.70. The molecule has 2 nitrogen and oxygen atoms in total. The van der Waals surface area contributed by atoms with E-state index in [4.69, 9.17) is 0 Å². The summed E-state index contributed by atoms with van der Waals surface area (Å²) in [6.45, 7) is 4.20. The maximum absolute atomic E-state index is 15.4. The van der Waals surface area contributed by atoms with Gasteiger partial charge in [0.05, 0.1) is 9.49 Å². The number of allylic oxidation sites excluding steroid dienone is 4. The Hall–Kier alpha value is -2.25. The highest BCUT2D eigenvalue weighted by atomic mass is 32.2. The van der Waals surface area contributed by atoms with Gasteiger partial charge in [-0.1, -0.05) is 0 Å². The van der Waals surface area contributed by atoms with E-state index in [1.807, 2.05) is 84.4 Å². The first-order valence-corrected chi connectivity index (χ1v) is 12.9. The van der Waals surface area contributed by atoms with Gasteiger partial charge in [-0.3, -0.25) is 0 Å². The summed E-state index contributed by atoms with van der Waals surface area (Å²) in [6, 6.07) is 8.09. The Labute approximate surface area is 206 Å². The lowest BCUT2D eigenvalue weighted by molar-refractivity contribution is -0.671. The van der Waals surface area contributed by atoms with Crippen LogP contribution in [-0.4, -0.2) is 28.0 Å². The van der Waals surface area contributed by atoms with Crippen molar-refractivity contribution in [3.05, 3.63) is 94.6 Å². The van der Waals surface area contributed by atoms with Crippen molar-refractivity contribution in [2.45, 2.75) is 41.9 Å². The molecule has 4 unspecified atom stereocenters. The number of pyridine rings is 2. The fourth-order valence-corrected chi connectivity index (χ4v) is 8.65. The molecular weight excluding hydrogens is 473 g/mol. The SMILES string of the molecule is C[n+]1ccc(C2=CC3=C4C(=C5C=C(c6cc[n+](C)cc6)SC5(C)C3(C)S2)C(F)C(F)C4F)cc1. The van der Waals surface area contributed by atoms with Gasteiger partial charge in [0.15, 0.2) is 43.3 Å². The van der Waals surface area contributed by atoms with Crippen LogP contribution >= 0.6 is 23.5 Å². The molecule has 2 aromatic rings. The fourth-order valence-electron chi connectivity index (χ4n) is 5.49. The number of aryl methyl sites for hydroxylation is 2. The van der Waals surface area contributed by atoms with Gasteiger partial charge < -0.3 is 0 Å². The Morgan fingerprint density at radius 3 is 1.38 bits per heavy atom. The lowest BCUT2D eigenvalue weighted by Gasteiger charge is -2.47. The minimum absolute atomic E-state index is 0.219. The van der Waals surface area contributed by atoms with E-state index in [-0.39, 0.29) is 11.1 Å². The molecule has 1 fully saturated rings. The molecule has 2 aliphatic heterocycles. The van der Waals surface area contributed by atoms with Crippen LogP contribution in [0.1, 0.15) is 25.0 Å². The monoisotopic (exact) mass is 498 g/mol. The number of halogens is 3. The summed E-state index contributed by atoms with van der Waals surface area (Å²) >= 11 is 3.35. The Kier molecular flexibility index (Phi) is 4.82. The van der Waals surface area contributed by atoms with Crippen molar-refractivity contribution in [2.24, 2.45) is 14.1 Å². The van der Waals surface area contributed by atoms with Crippen LogP contribution in [0, 0.1) is 0 Å². The average Bonchev–Trinajstić information content (AvgIpc) is 3.42. The summed E-state index contributed by atoms with van der Waals surface area (Å²) in [7, 11) is 3.91. The molecule has 0 N–H and O–H groups in total. The first-order chi connectivity index (χ1) is 16.1. The smallest absolute Gasteiger partial charge is 0.171 e. The van der Waals surface area contributed by atoms with Crippen LogP contribution in [0.5, 0.6) is 0 Å². The molecule has 0 spiro atoms. The number of thioether (sulfide) groups is 2. The Bertz CT molecular complexity index is 1240. The quantitative estimate of drug-likeness (QED) is 0.515. The number of nitrogens with zero attached hydrogens (tertiary/aromatic N) is 2. The molecule has 1 saturated carbocycles. The third-order valence-electron chi connectivity index (χ3n) is 7.62. The number of hydrogen-bond acceptors (Lipinski definition) is 2. The maximum atomic E-state index is 15.4. The molecule has 7 heteroatoms. The van der Waals surface area contributed by atoms with E-state index in [9.17, 15) is 4.39 Å². The summed E-state index contributed by atoms with van der Waals surface area (Å²) in [5.41, 5.74) is 3.92. The van der Waals surface area contributed by atoms with Crippen LogP contribution < -0.4 is 9.13 Å². The van der Waals surface area contributed by atoms with Gasteiger partial charge in [-0.15, -0.1) is 23.5 Å². The molecule has 0 saturated heterocycles. The molecule has 0 radical (unpaired) electrons. The van der Waals surface area contributed by atoms with Crippen LogP contribution in [0.15, 0.2) is 83.5 Å². The number of aromatic nitrogens is 2. The molecular formula is C27H25F3N2S2+2. The molecule has 0 aromatic carbocycles. The third-order valence-corrected chi connectivity index (χ3v) is 11.0. The zero-order chi connectivity index (χ0) is 24.0. The van der Waals surface area contributed by atoms with Gasteiger partial charge in [0.25, 0.3) is 0 Å². The molecule has 4 aliphatic rings.